The summed E-state index contributed by atoms with van der Waals surface area (Å²) in [6.07, 6.45) is 0. The first kappa shape index (κ1) is 12.9. The van der Waals surface area contributed by atoms with Gasteiger partial charge in [-0.1, -0.05) is 23.7 Å². The molecule has 4 heteroatoms. The zero-order valence-corrected chi connectivity index (χ0v) is 12.8. The molecule has 1 N–H and O–H groups in total. The van der Waals surface area contributed by atoms with Crippen molar-refractivity contribution in [2.75, 3.05) is 5.32 Å². The smallest absolute Gasteiger partial charge is 0.0931 e. The number of hydrogen-bond donors (Lipinski definition) is 1. The van der Waals surface area contributed by atoms with Gasteiger partial charge in [-0.3, -0.25) is 0 Å². The normalized spacial score (nSPS) is 12.5. The zero-order chi connectivity index (χ0) is 12.4. The van der Waals surface area contributed by atoms with Crippen LogP contribution in [-0.2, 0) is 0 Å². The van der Waals surface area contributed by atoms with Crippen molar-refractivity contribution in [3.63, 3.8) is 0 Å². The summed E-state index contributed by atoms with van der Waals surface area (Å²) in [5, 5.41) is 5.57. The van der Waals surface area contributed by atoms with Gasteiger partial charge in [0.05, 0.1) is 4.34 Å². The van der Waals surface area contributed by atoms with Crippen molar-refractivity contribution in [2.45, 2.75) is 19.9 Å². The minimum absolute atomic E-state index is 0.247. The topological polar surface area (TPSA) is 12.0 Å². The zero-order valence-electron chi connectivity index (χ0n) is 9.63. The van der Waals surface area contributed by atoms with Gasteiger partial charge in [0.1, 0.15) is 0 Å². The van der Waals surface area contributed by atoms with E-state index in [9.17, 15) is 0 Å². The molecule has 2 rings (SSSR count). The highest BCUT2D eigenvalue weighted by molar-refractivity contribution is 9.10. The molecule has 1 aromatic carbocycles. The second-order valence-electron chi connectivity index (χ2n) is 3.99. The molecule has 0 aliphatic carbocycles. The molecule has 0 spiro atoms. The highest BCUT2D eigenvalue weighted by atomic mass is 79.9. The number of hydrogen-bond acceptors (Lipinski definition) is 2. The minimum Gasteiger partial charge on any atom is -0.378 e. The van der Waals surface area contributed by atoms with Gasteiger partial charge in [0.25, 0.3) is 0 Å². The van der Waals surface area contributed by atoms with Crippen molar-refractivity contribution >= 4 is 44.6 Å². The van der Waals surface area contributed by atoms with Crippen LogP contribution in [0.1, 0.15) is 24.1 Å². The fourth-order valence-electron chi connectivity index (χ4n) is 1.63. The number of thiophene rings is 1. The summed E-state index contributed by atoms with van der Waals surface area (Å²) in [5.41, 5.74) is 3.55. The number of halogens is 2. The maximum absolute atomic E-state index is 5.95. The maximum atomic E-state index is 5.95. The maximum Gasteiger partial charge on any atom is 0.0931 e. The molecule has 1 aromatic heterocycles. The van der Waals surface area contributed by atoms with Crippen molar-refractivity contribution < 1.29 is 0 Å². The lowest BCUT2D eigenvalue weighted by Crippen LogP contribution is -2.06. The summed E-state index contributed by atoms with van der Waals surface area (Å²) >= 11 is 11.1. The molecule has 0 fully saturated rings. The van der Waals surface area contributed by atoms with Crippen LogP contribution in [0.15, 0.2) is 34.1 Å². The van der Waals surface area contributed by atoms with Gasteiger partial charge in [0.2, 0.25) is 0 Å². The Labute approximate surface area is 119 Å². The average Bonchev–Trinajstić information content (AvgIpc) is 2.72. The van der Waals surface area contributed by atoms with Gasteiger partial charge in [-0.05, 0) is 58.4 Å². The molecule has 1 unspecified atom stereocenters. The lowest BCUT2D eigenvalue weighted by Gasteiger charge is -2.16. The number of rotatable bonds is 3. The molecule has 2 aromatic rings. The van der Waals surface area contributed by atoms with Crippen LogP contribution in [0.5, 0.6) is 0 Å². The van der Waals surface area contributed by atoms with E-state index in [4.69, 9.17) is 11.6 Å². The molecule has 0 bridgehead atoms. The summed E-state index contributed by atoms with van der Waals surface area (Å²) in [6, 6.07) is 8.46. The third-order valence-electron chi connectivity index (χ3n) is 2.65. The summed E-state index contributed by atoms with van der Waals surface area (Å²) in [6.45, 7) is 4.22. The van der Waals surface area contributed by atoms with Crippen LogP contribution in [0.2, 0.25) is 4.34 Å². The Balaban J connectivity index is 2.18. The van der Waals surface area contributed by atoms with Gasteiger partial charge < -0.3 is 5.32 Å². The van der Waals surface area contributed by atoms with Crippen LogP contribution < -0.4 is 5.32 Å². The van der Waals surface area contributed by atoms with Crippen LogP contribution >= 0.6 is 38.9 Å². The Morgan fingerprint density at radius 1 is 1.41 bits per heavy atom. The van der Waals surface area contributed by atoms with E-state index in [0.717, 1.165) is 14.5 Å². The van der Waals surface area contributed by atoms with Gasteiger partial charge in [-0.2, -0.15) is 0 Å². The van der Waals surface area contributed by atoms with Crippen LogP contribution in [0.25, 0.3) is 0 Å². The third-order valence-corrected chi connectivity index (χ3v) is 4.81. The van der Waals surface area contributed by atoms with Gasteiger partial charge >= 0.3 is 0 Å². The van der Waals surface area contributed by atoms with E-state index >= 15 is 0 Å². The number of nitrogens with one attached hydrogen (secondary N) is 1. The molecule has 0 radical (unpaired) electrons. The van der Waals surface area contributed by atoms with E-state index in [1.807, 2.05) is 6.07 Å². The van der Waals surface area contributed by atoms with Crippen molar-refractivity contribution in [3.8, 4) is 0 Å². The Morgan fingerprint density at radius 3 is 2.82 bits per heavy atom. The quantitative estimate of drug-likeness (QED) is 0.767. The Bertz CT molecular complexity index is 524. The summed E-state index contributed by atoms with van der Waals surface area (Å²) in [4.78, 5) is 0. The molecule has 0 aliphatic rings. The van der Waals surface area contributed by atoms with E-state index in [1.54, 1.807) is 11.3 Å². The largest absolute Gasteiger partial charge is 0.378 e. The fourth-order valence-corrected chi connectivity index (χ4v) is 2.99. The number of anilines is 1. The highest BCUT2D eigenvalue weighted by Crippen LogP contribution is 2.31. The van der Waals surface area contributed by atoms with E-state index in [-0.39, 0.29) is 6.04 Å². The summed E-state index contributed by atoms with van der Waals surface area (Å²) < 4.78 is 1.95. The Morgan fingerprint density at radius 2 is 2.18 bits per heavy atom. The molecule has 1 nitrogen and oxygen atoms in total. The van der Waals surface area contributed by atoms with Crippen LogP contribution in [0.3, 0.4) is 0 Å². The fraction of sp³-hybridized carbons (Fsp3) is 0.231. The molecule has 17 heavy (non-hydrogen) atoms. The predicted octanol–water partition coefficient (Wildman–Crippen LogP) is 5.65. The molecule has 0 saturated heterocycles. The molecule has 0 amide bonds. The third kappa shape index (κ3) is 3.03. The first-order valence-corrected chi connectivity index (χ1v) is 7.38. The monoisotopic (exact) mass is 329 g/mol. The van der Waals surface area contributed by atoms with Gasteiger partial charge in [0, 0.05) is 16.2 Å². The van der Waals surface area contributed by atoms with Crippen molar-refractivity contribution in [1.29, 1.82) is 0 Å². The SMILES string of the molecule is Cc1cccc(NC(C)c2csc(Cl)c2)c1Br. The van der Waals surface area contributed by atoms with Crippen molar-refractivity contribution in [3.05, 3.63) is 49.6 Å². The molecular formula is C13H13BrClNS. The highest BCUT2D eigenvalue weighted by Gasteiger charge is 2.09. The van der Waals surface area contributed by atoms with Crippen molar-refractivity contribution in [1.82, 2.24) is 0 Å². The first-order valence-electron chi connectivity index (χ1n) is 5.33. The minimum atomic E-state index is 0.247. The molecule has 1 atom stereocenters. The van der Waals surface area contributed by atoms with E-state index in [1.165, 1.54) is 11.1 Å². The molecule has 1 heterocycles. The predicted molar refractivity (Wildman–Crippen MR) is 80.2 cm³/mol. The molecule has 0 aliphatic heterocycles. The lowest BCUT2D eigenvalue weighted by atomic mass is 10.1. The number of benzene rings is 1. The van der Waals surface area contributed by atoms with E-state index in [2.05, 4.69) is 58.7 Å². The van der Waals surface area contributed by atoms with Crippen LogP contribution in [0.4, 0.5) is 5.69 Å². The Hall–Kier alpha value is -0.510. The lowest BCUT2D eigenvalue weighted by molar-refractivity contribution is 0.889. The molecular weight excluding hydrogens is 318 g/mol. The van der Waals surface area contributed by atoms with Crippen LogP contribution in [0, 0.1) is 6.92 Å². The van der Waals surface area contributed by atoms with E-state index in [0.29, 0.717) is 0 Å². The standard InChI is InChI=1S/C13H13BrClNS/c1-8-4-3-5-11(13(8)14)16-9(2)10-6-12(15)17-7-10/h3-7,9,16H,1-2H3. The second-order valence-corrected chi connectivity index (χ2v) is 6.32. The van der Waals surface area contributed by atoms with Gasteiger partial charge in [0.15, 0.2) is 0 Å². The van der Waals surface area contributed by atoms with Crippen LogP contribution in [-0.4, -0.2) is 0 Å². The molecule has 0 saturated carbocycles. The Kier molecular flexibility index (Phi) is 4.13. The van der Waals surface area contributed by atoms with Crippen molar-refractivity contribution in [2.24, 2.45) is 0 Å². The average molecular weight is 331 g/mol. The number of aryl methyl sites for hydroxylation is 1. The van der Waals surface area contributed by atoms with E-state index < -0.39 is 0 Å². The first-order chi connectivity index (χ1) is 8.08. The summed E-state index contributed by atoms with van der Waals surface area (Å²) in [7, 11) is 0. The van der Waals surface area contributed by atoms with Gasteiger partial charge in [-0.25, -0.2) is 0 Å². The van der Waals surface area contributed by atoms with Gasteiger partial charge in [-0.15, -0.1) is 11.3 Å². The summed E-state index contributed by atoms with van der Waals surface area (Å²) in [5.74, 6) is 0. The molecule has 90 valence electrons. The second kappa shape index (κ2) is 5.42.